The highest BCUT2D eigenvalue weighted by Gasteiger charge is 2.22. The van der Waals surface area contributed by atoms with Gasteiger partial charge in [0.1, 0.15) is 5.76 Å². The molecule has 2 nitrogen and oxygen atoms in total. The summed E-state index contributed by atoms with van der Waals surface area (Å²) in [6, 6.07) is 0. The molecule has 0 amide bonds. The van der Waals surface area contributed by atoms with Gasteiger partial charge in [-0.2, -0.15) is 0 Å². The monoisotopic (exact) mass is 191 g/mol. The molecule has 0 aromatic carbocycles. The fraction of sp³-hybridized carbons (Fsp3) is 0.714. The van der Waals surface area contributed by atoms with Crippen LogP contribution >= 0.6 is 18.9 Å². The van der Waals surface area contributed by atoms with Crippen molar-refractivity contribution in [1.29, 1.82) is 0 Å². The van der Waals surface area contributed by atoms with Crippen molar-refractivity contribution in [3.8, 4) is 0 Å². The van der Waals surface area contributed by atoms with E-state index < -0.39 is 7.50 Å². The fourth-order valence-corrected chi connectivity index (χ4v) is 4.57. The van der Waals surface area contributed by atoms with Crippen molar-refractivity contribution in [3.05, 3.63) is 11.2 Å². The van der Waals surface area contributed by atoms with Crippen molar-refractivity contribution in [2.24, 2.45) is 0 Å². The highest BCUT2D eigenvalue weighted by Crippen LogP contribution is 2.60. The predicted octanol–water partition coefficient (Wildman–Crippen LogP) is 3.18. The van der Waals surface area contributed by atoms with E-state index in [1.807, 2.05) is 18.3 Å². The van der Waals surface area contributed by atoms with Gasteiger partial charge in [0.15, 0.2) is 0 Å². The molecule has 1 heterocycles. The summed E-state index contributed by atoms with van der Waals surface area (Å²) < 4.78 is 7.97. The van der Waals surface area contributed by atoms with Crippen molar-refractivity contribution in [3.63, 3.8) is 0 Å². The molecule has 4 heteroatoms. The third-order valence-electron chi connectivity index (χ3n) is 1.49. The van der Waals surface area contributed by atoms with Gasteiger partial charge in [-0.3, -0.25) is 0 Å². The SMILES string of the molecule is CCN(CC)P1OC(C)=CS1. The average molecular weight is 191 g/mol. The molecule has 1 aliphatic rings. The highest BCUT2D eigenvalue weighted by molar-refractivity contribution is 8.55. The molecule has 0 aliphatic carbocycles. The molecule has 0 saturated carbocycles. The summed E-state index contributed by atoms with van der Waals surface area (Å²) in [5, 5.41) is 2.10. The highest BCUT2D eigenvalue weighted by atomic mass is 32.7. The maximum atomic E-state index is 5.62. The number of allylic oxidation sites excluding steroid dienone is 1. The van der Waals surface area contributed by atoms with Crippen LogP contribution in [0.1, 0.15) is 20.8 Å². The molecule has 11 heavy (non-hydrogen) atoms. The van der Waals surface area contributed by atoms with Gasteiger partial charge < -0.3 is 4.52 Å². The lowest BCUT2D eigenvalue weighted by atomic mass is 10.7. The minimum absolute atomic E-state index is 0.391. The lowest BCUT2D eigenvalue weighted by Gasteiger charge is -2.22. The van der Waals surface area contributed by atoms with Crippen LogP contribution in [-0.2, 0) is 4.52 Å². The van der Waals surface area contributed by atoms with Crippen LogP contribution in [0.2, 0.25) is 0 Å². The summed E-state index contributed by atoms with van der Waals surface area (Å²) >= 11 is 1.81. The largest absolute Gasteiger partial charge is 0.452 e. The molecule has 0 fully saturated rings. The van der Waals surface area contributed by atoms with Crippen LogP contribution in [0.25, 0.3) is 0 Å². The predicted molar refractivity (Wildman–Crippen MR) is 52.3 cm³/mol. The van der Waals surface area contributed by atoms with E-state index in [-0.39, 0.29) is 0 Å². The van der Waals surface area contributed by atoms with Crippen LogP contribution < -0.4 is 0 Å². The van der Waals surface area contributed by atoms with E-state index in [4.69, 9.17) is 4.52 Å². The van der Waals surface area contributed by atoms with Gasteiger partial charge in [-0.1, -0.05) is 13.8 Å². The molecule has 0 aromatic heterocycles. The Bertz CT molecular complexity index is 159. The van der Waals surface area contributed by atoms with Crippen LogP contribution in [-0.4, -0.2) is 17.8 Å². The summed E-state index contributed by atoms with van der Waals surface area (Å²) in [5.74, 6) is 1.06. The van der Waals surface area contributed by atoms with Crippen LogP contribution in [0.15, 0.2) is 11.2 Å². The maximum Gasteiger partial charge on any atom is 0.232 e. The Balaban J connectivity index is 2.38. The molecule has 1 unspecified atom stereocenters. The van der Waals surface area contributed by atoms with E-state index in [0.29, 0.717) is 0 Å². The van der Waals surface area contributed by atoms with E-state index >= 15 is 0 Å². The second-order valence-electron chi connectivity index (χ2n) is 2.30. The van der Waals surface area contributed by atoms with Crippen LogP contribution in [0.5, 0.6) is 0 Å². The second kappa shape index (κ2) is 4.34. The Hall–Kier alpha value is 0.280. The Morgan fingerprint density at radius 1 is 1.55 bits per heavy atom. The molecule has 0 N–H and O–H groups in total. The minimum Gasteiger partial charge on any atom is -0.452 e. The second-order valence-corrected chi connectivity index (χ2v) is 5.54. The number of hydrogen-bond donors (Lipinski definition) is 0. The van der Waals surface area contributed by atoms with E-state index in [2.05, 4.69) is 23.9 Å². The summed E-state index contributed by atoms with van der Waals surface area (Å²) in [6.07, 6.45) is 0. The van der Waals surface area contributed by atoms with Crippen LogP contribution in [0, 0.1) is 0 Å². The molecular weight excluding hydrogens is 177 g/mol. The Morgan fingerprint density at radius 3 is 2.55 bits per heavy atom. The van der Waals surface area contributed by atoms with Gasteiger partial charge in [-0.05, 0) is 18.3 Å². The first-order valence-electron chi connectivity index (χ1n) is 3.84. The van der Waals surface area contributed by atoms with Gasteiger partial charge in [-0.25, -0.2) is 4.67 Å². The summed E-state index contributed by atoms with van der Waals surface area (Å²) in [4.78, 5) is 0. The van der Waals surface area contributed by atoms with Crippen molar-refractivity contribution in [2.45, 2.75) is 20.8 Å². The van der Waals surface area contributed by atoms with Crippen molar-refractivity contribution < 1.29 is 4.52 Å². The minimum atomic E-state index is -0.391. The zero-order chi connectivity index (χ0) is 8.27. The molecule has 0 spiro atoms. The summed E-state index contributed by atoms with van der Waals surface area (Å²) in [5.41, 5.74) is 0. The molecule has 64 valence electrons. The normalized spacial score (nSPS) is 23.6. The molecular formula is C7H14NOPS. The third kappa shape index (κ3) is 2.36. The zero-order valence-corrected chi connectivity index (χ0v) is 8.91. The Labute approximate surface area is 73.6 Å². The van der Waals surface area contributed by atoms with Crippen molar-refractivity contribution in [2.75, 3.05) is 13.1 Å². The zero-order valence-electron chi connectivity index (χ0n) is 7.20. The first kappa shape index (κ1) is 9.37. The van der Waals surface area contributed by atoms with E-state index in [0.717, 1.165) is 18.8 Å². The van der Waals surface area contributed by atoms with Crippen molar-refractivity contribution >= 4 is 18.9 Å². The molecule has 0 aromatic rings. The van der Waals surface area contributed by atoms with E-state index in [9.17, 15) is 0 Å². The average Bonchev–Trinajstić information content (AvgIpc) is 2.39. The smallest absolute Gasteiger partial charge is 0.232 e. The lowest BCUT2D eigenvalue weighted by Crippen LogP contribution is -2.15. The molecule has 0 saturated heterocycles. The van der Waals surface area contributed by atoms with Crippen LogP contribution in [0.4, 0.5) is 0 Å². The van der Waals surface area contributed by atoms with Crippen molar-refractivity contribution in [1.82, 2.24) is 4.67 Å². The quantitative estimate of drug-likeness (QED) is 0.636. The third-order valence-corrected chi connectivity index (χ3v) is 5.36. The van der Waals surface area contributed by atoms with Gasteiger partial charge >= 0.3 is 0 Å². The standard InChI is InChI=1S/C7H14NOPS/c1-4-8(5-2)10-9-7(3)6-11-10/h6H,4-5H2,1-3H3. The lowest BCUT2D eigenvalue weighted by molar-refractivity contribution is 0.409. The Kier molecular flexibility index (Phi) is 3.70. The van der Waals surface area contributed by atoms with E-state index in [1.165, 1.54) is 0 Å². The van der Waals surface area contributed by atoms with Crippen LogP contribution in [0.3, 0.4) is 0 Å². The molecule has 0 bridgehead atoms. The Morgan fingerprint density at radius 2 is 2.18 bits per heavy atom. The molecule has 1 aliphatic heterocycles. The van der Waals surface area contributed by atoms with Gasteiger partial charge in [0.05, 0.1) is 0 Å². The fourth-order valence-electron chi connectivity index (χ4n) is 0.864. The molecule has 1 atom stereocenters. The summed E-state index contributed by atoms with van der Waals surface area (Å²) in [7, 11) is -0.391. The summed E-state index contributed by atoms with van der Waals surface area (Å²) in [6.45, 7) is 8.51. The number of hydrogen-bond acceptors (Lipinski definition) is 3. The maximum absolute atomic E-state index is 5.62. The number of nitrogens with zero attached hydrogens (tertiary/aromatic N) is 1. The van der Waals surface area contributed by atoms with Gasteiger partial charge in [0, 0.05) is 18.5 Å². The molecule has 0 radical (unpaired) electrons. The van der Waals surface area contributed by atoms with Gasteiger partial charge in [0.25, 0.3) is 0 Å². The topological polar surface area (TPSA) is 12.5 Å². The first-order valence-corrected chi connectivity index (χ1v) is 6.54. The first-order chi connectivity index (χ1) is 5.27. The van der Waals surface area contributed by atoms with Gasteiger partial charge in [-0.15, -0.1) is 0 Å². The van der Waals surface area contributed by atoms with E-state index in [1.54, 1.807) is 0 Å². The number of rotatable bonds is 3. The van der Waals surface area contributed by atoms with Gasteiger partial charge in [0.2, 0.25) is 7.50 Å². The molecule has 1 rings (SSSR count).